The second kappa shape index (κ2) is 4.53. The zero-order valence-electron chi connectivity index (χ0n) is 10.4. The minimum absolute atomic E-state index is 0.193. The number of pyridine rings is 2. The summed E-state index contributed by atoms with van der Waals surface area (Å²) in [4.78, 5) is 20.4. The van der Waals surface area contributed by atoms with Crippen LogP contribution in [0.3, 0.4) is 0 Å². The van der Waals surface area contributed by atoms with Gasteiger partial charge in [0.05, 0.1) is 16.9 Å². The van der Waals surface area contributed by atoms with E-state index in [1.165, 1.54) is 6.20 Å². The molecule has 0 fully saturated rings. The van der Waals surface area contributed by atoms with E-state index >= 15 is 0 Å². The van der Waals surface area contributed by atoms with Gasteiger partial charge in [0, 0.05) is 24.8 Å². The lowest BCUT2D eigenvalue weighted by atomic mass is 10.2. The van der Waals surface area contributed by atoms with Crippen LogP contribution in [0.4, 0.5) is 5.69 Å². The van der Waals surface area contributed by atoms with Crippen LogP contribution in [0.25, 0.3) is 5.65 Å². The lowest BCUT2D eigenvalue weighted by molar-refractivity contribution is 0.102. The molecule has 0 saturated carbocycles. The number of nitrogens with one attached hydrogen (secondary N) is 1. The predicted molar refractivity (Wildman–Crippen MR) is 72.1 cm³/mol. The topological polar surface area (TPSA) is 59.3 Å². The Bertz CT molecular complexity index is 734. The van der Waals surface area contributed by atoms with Gasteiger partial charge in [0.2, 0.25) is 0 Å². The van der Waals surface area contributed by atoms with Gasteiger partial charge in [-0.3, -0.25) is 9.78 Å². The zero-order chi connectivity index (χ0) is 13.2. The summed E-state index contributed by atoms with van der Waals surface area (Å²) in [5, 5.41) is 2.85. The van der Waals surface area contributed by atoms with Gasteiger partial charge in [0.15, 0.2) is 5.65 Å². The first-order valence-corrected chi connectivity index (χ1v) is 5.90. The smallest absolute Gasteiger partial charge is 0.257 e. The highest BCUT2D eigenvalue weighted by atomic mass is 16.1. The van der Waals surface area contributed by atoms with Crippen molar-refractivity contribution in [3.8, 4) is 0 Å². The lowest BCUT2D eigenvalue weighted by Crippen LogP contribution is -2.12. The van der Waals surface area contributed by atoms with Gasteiger partial charge >= 0.3 is 0 Å². The normalized spacial score (nSPS) is 10.6. The Balaban J connectivity index is 1.95. The molecule has 3 aromatic rings. The van der Waals surface area contributed by atoms with Gasteiger partial charge < -0.3 is 9.72 Å². The maximum Gasteiger partial charge on any atom is 0.257 e. The van der Waals surface area contributed by atoms with Crippen LogP contribution in [-0.2, 0) is 0 Å². The highest BCUT2D eigenvalue weighted by Gasteiger charge is 2.09. The fraction of sp³-hybridized carbons (Fsp3) is 0.0714. The van der Waals surface area contributed by atoms with Crippen LogP contribution in [0.15, 0.2) is 49.1 Å². The second-order valence-corrected chi connectivity index (χ2v) is 4.23. The van der Waals surface area contributed by atoms with Crippen LogP contribution >= 0.6 is 0 Å². The first-order chi connectivity index (χ1) is 9.24. The van der Waals surface area contributed by atoms with Gasteiger partial charge in [0.1, 0.15) is 0 Å². The molecule has 0 aliphatic rings. The molecular weight excluding hydrogens is 240 g/mol. The minimum Gasteiger partial charge on any atom is -0.319 e. The summed E-state index contributed by atoms with van der Waals surface area (Å²) in [6.45, 7) is 1.92. The maximum absolute atomic E-state index is 12.1. The van der Waals surface area contributed by atoms with Gasteiger partial charge in [-0.05, 0) is 31.2 Å². The number of aromatic nitrogens is 3. The van der Waals surface area contributed by atoms with Crippen LogP contribution in [0.1, 0.15) is 16.1 Å². The highest BCUT2D eigenvalue weighted by Crippen LogP contribution is 2.17. The fourth-order valence-corrected chi connectivity index (χ4v) is 1.92. The third-order valence-electron chi connectivity index (χ3n) is 2.78. The van der Waals surface area contributed by atoms with Crippen LogP contribution in [-0.4, -0.2) is 20.3 Å². The molecule has 0 atom stereocenters. The number of rotatable bonds is 2. The zero-order valence-corrected chi connectivity index (χ0v) is 10.4. The van der Waals surface area contributed by atoms with E-state index in [1.54, 1.807) is 18.3 Å². The van der Waals surface area contributed by atoms with Crippen molar-refractivity contribution in [2.24, 2.45) is 0 Å². The van der Waals surface area contributed by atoms with Crippen molar-refractivity contribution in [3.05, 3.63) is 60.3 Å². The minimum atomic E-state index is -0.193. The molecule has 0 aliphatic carbocycles. The summed E-state index contributed by atoms with van der Waals surface area (Å²) >= 11 is 0. The molecule has 19 heavy (non-hydrogen) atoms. The number of aryl methyl sites for hydroxylation is 1. The number of hydrogen-bond acceptors (Lipinski definition) is 3. The average Bonchev–Trinajstić information content (AvgIpc) is 2.81. The Morgan fingerprint density at radius 3 is 3.00 bits per heavy atom. The van der Waals surface area contributed by atoms with Crippen molar-refractivity contribution < 1.29 is 4.79 Å². The molecule has 0 radical (unpaired) electrons. The van der Waals surface area contributed by atoms with Crippen LogP contribution in [0.2, 0.25) is 0 Å². The molecular formula is C14H12N4O. The number of amides is 1. The Labute approximate surface area is 109 Å². The van der Waals surface area contributed by atoms with E-state index in [2.05, 4.69) is 15.3 Å². The van der Waals surface area contributed by atoms with E-state index in [4.69, 9.17) is 0 Å². The van der Waals surface area contributed by atoms with E-state index < -0.39 is 0 Å². The lowest BCUT2D eigenvalue weighted by Gasteiger charge is -2.06. The van der Waals surface area contributed by atoms with E-state index in [9.17, 15) is 4.79 Å². The molecule has 5 heteroatoms. The van der Waals surface area contributed by atoms with Crippen molar-refractivity contribution >= 4 is 17.2 Å². The SMILES string of the molecule is Cc1cn2cccc(NC(=O)c3cccnc3)c2n1. The molecule has 1 N–H and O–H groups in total. The molecule has 0 bridgehead atoms. The maximum atomic E-state index is 12.1. The molecule has 3 heterocycles. The van der Waals surface area contributed by atoms with Crippen LogP contribution in [0, 0.1) is 6.92 Å². The largest absolute Gasteiger partial charge is 0.319 e. The first-order valence-electron chi connectivity index (χ1n) is 5.90. The number of anilines is 1. The van der Waals surface area contributed by atoms with Crippen molar-refractivity contribution in [2.45, 2.75) is 6.92 Å². The molecule has 1 amide bonds. The fourth-order valence-electron chi connectivity index (χ4n) is 1.92. The van der Waals surface area contributed by atoms with Gasteiger partial charge in [-0.2, -0.15) is 0 Å². The Hall–Kier alpha value is -2.69. The predicted octanol–water partition coefficient (Wildman–Crippen LogP) is 2.29. The number of hydrogen-bond donors (Lipinski definition) is 1. The second-order valence-electron chi connectivity index (χ2n) is 4.23. The summed E-state index contributed by atoms with van der Waals surface area (Å²) in [5.74, 6) is -0.193. The van der Waals surface area contributed by atoms with Crippen LogP contribution < -0.4 is 5.32 Å². The summed E-state index contributed by atoms with van der Waals surface area (Å²) in [5.41, 5.74) is 2.84. The van der Waals surface area contributed by atoms with Crippen molar-refractivity contribution in [1.82, 2.24) is 14.4 Å². The number of imidazole rings is 1. The third-order valence-corrected chi connectivity index (χ3v) is 2.78. The van der Waals surface area contributed by atoms with Gasteiger partial charge in [-0.15, -0.1) is 0 Å². The molecule has 0 saturated heterocycles. The van der Waals surface area contributed by atoms with E-state index in [0.29, 0.717) is 11.3 Å². The van der Waals surface area contributed by atoms with E-state index in [1.807, 2.05) is 35.9 Å². The van der Waals surface area contributed by atoms with Crippen molar-refractivity contribution in [2.75, 3.05) is 5.32 Å². The standard InChI is InChI=1S/C14H12N4O/c1-10-9-18-7-3-5-12(13(18)16-10)17-14(19)11-4-2-6-15-8-11/h2-9H,1H3,(H,17,19). The third kappa shape index (κ3) is 2.18. The van der Waals surface area contributed by atoms with Crippen LogP contribution in [0.5, 0.6) is 0 Å². The summed E-state index contributed by atoms with van der Waals surface area (Å²) in [7, 11) is 0. The number of carbonyl (C=O) groups excluding carboxylic acids is 1. The van der Waals surface area contributed by atoms with Gasteiger partial charge in [-0.1, -0.05) is 0 Å². The molecule has 0 unspecified atom stereocenters. The Morgan fingerprint density at radius 1 is 1.32 bits per heavy atom. The molecule has 94 valence electrons. The molecule has 5 nitrogen and oxygen atoms in total. The molecule has 0 aromatic carbocycles. The first kappa shape index (κ1) is 11.4. The summed E-state index contributed by atoms with van der Waals surface area (Å²) < 4.78 is 1.88. The number of nitrogens with zero attached hydrogens (tertiary/aromatic N) is 3. The monoisotopic (exact) mass is 252 g/mol. The summed E-state index contributed by atoms with van der Waals surface area (Å²) in [6, 6.07) is 7.15. The average molecular weight is 252 g/mol. The molecule has 3 aromatic heterocycles. The Morgan fingerprint density at radius 2 is 2.21 bits per heavy atom. The number of carbonyl (C=O) groups is 1. The van der Waals surface area contributed by atoms with Crippen molar-refractivity contribution in [1.29, 1.82) is 0 Å². The van der Waals surface area contributed by atoms with Crippen molar-refractivity contribution in [3.63, 3.8) is 0 Å². The van der Waals surface area contributed by atoms with Gasteiger partial charge in [-0.25, -0.2) is 4.98 Å². The quantitative estimate of drug-likeness (QED) is 0.761. The molecule has 3 rings (SSSR count). The number of fused-ring (bicyclic) bond motifs is 1. The molecule has 0 aliphatic heterocycles. The van der Waals surface area contributed by atoms with E-state index in [0.717, 1.165) is 11.3 Å². The molecule has 0 spiro atoms. The Kier molecular flexibility index (Phi) is 2.72. The van der Waals surface area contributed by atoms with Gasteiger partial charge in [0.25, 0.3) is 5.91 Å². The summed E-state index contributed by atoms with van der Waals surface area (Å²) in [6.07, 6.45) is 6.98. The highest BCUT2D eigenvalue weighted by molar-refractivity contribution is 6.05. The van der Waals surface area contributed by atoms with E-state index in [-0.39, 0.29) is 5.91 Å².